The van der Waals surface area contributed by atoms with Crippen LogP contribution >= 0.6 is 24.0 Å². The second kappa shape index (κ2) is 9.44. The van der Waals surface area contributed by atoms with E-state index in [9.17, 15) is 0 Å². The lowest BCUT2D eigenvalue weighted by molar-refractivity contribution is 0.371. The predicted octanol–water partition coefficient (Wildman–Crippen LogP) is 2.31. The van der Waals surface area contributed by atoms with Crippen molar-refractivity contribution in [2.24, 2.45) is 4.99 Å². The van der Waals surface area contributed by atoms with Gasteiger partial charge in [-0.05, 0) is 12.1 Å². The van der Waals surface area contributed by atoms with Crippen LogP contribution in [0.5, 0.6) is 0 Å². The summed E-state index contributed by atoms with van der Waals surface area (Å²) in [6, 6.07) is 3.77. The second-order valence-corrected chi connectivity index (χ2v) is 4.88. The molecule has 122 valence electrons. The zero-order valence-corrected chi connectivity index (χ0v) is 15.3. The third-order valence-electron chi connectivity index (χ3n) is 2.87. The monoisotopic (exact) mass is 419 g/mol. The van der Waals surface area contributed by atoms with Gasteiger partial charge in [-0.3, -0.25) is 4.99 Å². The van der Waals surface area contributed by atoms with E-state index in [4.69, 9.17) is 8.94 Å². The Bertz CT molecular complexity index is 566. The Morgan fingerprint density at radius 1 is 1.36 bits per heavy atom. The smallest absolute Gasteiger partial charge is 0.228 e. The molecule has 0 unspecified atom stereocenters. The van der Waals surface area contributed by atoms with Gasteiger partial charge in [-0.2, -0.15) is 4.98 Å². The molecule has 2 aromatic heterocycles. The van der Waals surface area contributed by atoms with Crippen LogP contribution in [0, 0.1) is 0 Å². The molecule has 0 amide bonds. The van der Waals surface area contributed by atoms with Crippen LogP contribution in [0.15, 0.2) is 32.3 Å². The number of furan rings is 1. The molecule has 0 saturated heterocycles. The lowest BCUT2D eigenvalue weighted by Crippen LogP contribution is -2.37. The van der Waals surface area contributed by atoms with Gasteiger partial charge >= 0.3 is 0 Å². The highest BCUT2D eigenvalue weighted by Gasteiger charge is 2.09. The summed E-state index contributed by atoms with van der Waals surface area (Å²) in [4.78, 5) is 8.46. The fourth-order valence-electron chi connectivity index (χ4n) is 1.70. The molecular weight excluding hydrogens is 397 g/mol. The Balaban J connectivity index is 0.00000242. The Morgan fingerprint density at radius 2 is 2.18 bits per heavy atom. The number of nitrogens with zero attached hydrogens (tertiary/aromatic N) is 3. The SMILES string of the molecule is CN=C(NCCc1nc(C(C)C)no1)NCc1ccco1.I. The Labute approximate surface area is 147 Å². The van der Waals surface area contributed by atoms with Crippen LogP contribution in [-0.2, 0) is 13.0 Å². The molecule has 22 heavy (non-hydrogen) atoms. The molecule has 2 aromatic rings. The number of rotatable bonds is 6. The summed E-state index contributed by atoms with van der Waals surface area (Å²) in [7, 11) is 1.72. The summed E-state index contributed by atoms with van der Waals surface area (Å²) in [6.07, 6.45) is 2.30. The molecule has 0 radical (unpaired) electrons. The predicted molar refractivity (Wildman–Crippen MR) is 94.4 cm³/mol. The van der Waals surface area contributed by atoms with Gasteiger partial charge in [0.2, 0.25) is 5.89 Å². The minimum absolute atomic E-state index is 0. The van der Waals surface area contributed by atoms with E-state index < -0.39 is 0 Å². The average Bonchev–Trinajstić information content (AvgIpc) is 3.13. The first-order valence-electron chi connectivity index (χ1n) is 6.98. The van der Waals surface area contributed by atoms with E-state index in [1.807, 2.05) is 26.0 Å². The molecular formula is C14H22IN5O2. The van der Waals surface area contributed by atoms with Crippen LogP contribution in [-0.4, -0.2) is 29.7 Å². The van der Waals surface area contributed by atoms with Gasteiger partial charge in [-0.1, -0.05) is 19.0 Å². The van der Waals surface area contributed by atoms with Gasteiger partial charge in [0, 0.05) is 25.9 Å². The van der Waals surface area contributed by atoms with Crippen molar-refractivity contribution in [1.29, 1.82) is 0 Å². The second-order valence-electron chi connectivity index (χ2n) is 4.88. The number of aliphatic imine (C=N–C) groups is 1. The third kappa shape index (κ3) is 5.66. The molecule has 8 heteroatoms. The third-order valence-corrected chi connectivity index (χ3v) is 2.87. The van der Waals surface area contributed by atoms with Crippen molar-refractivity contribution < 1.29 is 8.94 Å². The molecule has 2 heterocycles. The maximum absolute atomic E-state index is 5.25. The van der Waals surface area contributed by atoms with Crippen LogP contribution in [0.25, 0.3) is 0 Å². The number of hydrogen-bond acceptors (Lipinski definition) is 5. The van der Waals surface area contributed by atoms with Gasteiger partial charge in [0.1, 0.15) is 5.76 Å². The zero-order valence-electron chi connectivity index (χ0n) is 13.0. The maximum atomic E-state index is 5.25. The molecule has 0 fully saturated rings. The van der Waals surface area contributed by atoms with Gasteiger partial charge in [-0.25, -0.2) is 0 Å². The van der Waals surface area contributed by atoms with Crippen molar-refractivity contribution in [3.63, 3.8) is 0 Å². The number of hydrogen-bond donors (Lipinski definition) is 2. The van der Waals surface area contributed by atoms with Gasteiger partial charge < -0.3 is 19.6 Å². The first-order chi connectivity index (χ1) is 10.2. The number of halogens is 1. The quantitative estimate of drug-likeness (QED) is 0.425. The first kappa shape index (κ1) is 18.5. The topological polar surface area (TPSA) is 88.5 Å². The lowest BCUT2D eigenvalue weighted by Gasteiger charge is -2.09. The highest BCUT2D eigenvalue weighted by Crippen LogP contribution is 2.09. The fraction of sp³-hybridized carbons (Fsp3) is 0.500. The minimum Gasteiger partial charge on any atom is -0.467 e. The molecule has 0 aromatic carbocycles. The molecule has 0 saturated carbocycles. The Hall–Kier alpha value is -1.58. The Morgan fingerprint density at radius 3 is 2.77 bits per heavy atom. The van der Waals surface area contributed by atoms with E-state index in [-0.39, 0.29) is 29.9 Å². The van der Waals surface area contributed by atoms with Crippen molar-refractivity contribution >= 4 is 29.9 Å². The number of aromatic nitrogens is 2. The standard InChI is InChI=1S/C14H21N5O2.HI/c1-10(2)13-18-12(21-19-13)6-7-16-14(15-3)17-9-11-5-4-8-20-11;/h4-5,8,10H,6-7,9H2,1-3H3,(H2,15,16,17);1H. The van der Waals surface area contributed by atoms with Gasteiger partial charge in [0.25, 0.3) is 0 Å². The molecule has 0 aliphatic heterocycles. The van der Waals surface area contributed by atoms with Crippen LogP contribution in [0.4, 0.5) is 0 Å². The normalized spacial score (nSPS) is 11.4. The molecule has 0 spiro atoms. The molecule has 7 nitrogen and oxygen atoms in total. The first-order valence-corrected chi connectivity index (χ1v) is 6.98. The van der Waals surface area contributed by atoms with Crippen molar-refractivity contribution in [3.05, 3.63) is 35.9 Å². The van der Waals surface area contributed by atoms with Crippen molar-refractivity contribution in [2.45, 2.75) is 32.7 Å². The molecule has 0 aliphatic rings. The van der Waals surface area contributed by atoms with E-state index in [0.29, 0.717) is 31.4 Å². The van der Waals surface area contributed by atoms with E-state index in [2.05, 4.69) is 25.8 Å². The maximum Gasteiger partial charge on any atom is 0.228 e. The Kier molecular flexibility index (Phi) is 7.92. The highest BCUT2D eigenvalue weighted by molar-refractivity contribution is 14.0. The highest BCUT2D eigenvalue weighted by atomic mass is 127. The van der Waals surface area contributed by atoms with Crippen LogP contribution < -0.4 is 10.6 Å². The van der Waals surface area contributed by atoms with Crippen molar-refractivity contribution in [2.75, 3.05) is 13.6 Å². The van der Waals surface area contributed by atoms with Crippen LogP contribution in [0.3, 0.4) is 0 Å². The van der Waals surface area contributed by atoms with Crippen LogP contribution in [0.2, 0.25) is 0 Å². The van der Waals surface area contributed by atoms with Crippen molar-refractivity contribution in [1.82, 2.24) is 20.8 Å². The summed E-state index contributed by atoms with van der Waals surface area (Å²) in [5, 5.41) is 10.3. The van der Waals surface area contributed by atoms with Gasteiger partial charge in [0.15, 0.2) is 11.8 Å². The molecule has 2 N–H and O–H groups in total. The van der Waals surface area contributed by atoms with Crippen molar-refractivity contribution in [3.8, 4) is 0 Å². The molecule has 0 bridgehead atoms. The molecule has 0 aliphatic carbocycles. The number of nitrogens with one attached hydrogen (secondary N) is 2. The van der Waals surface area contributed by atoms with E-state index in [1.165, 1.54) is 0 Å². The summed E-state index contributed by atoms with van der Waals surface area (Å²) >= 11 is 0. The van der Waals surface area contributed by atoms with Gasteiger partial charge in [0.05, 0.1) is 12.8 Å². The fourth-order valence-corrected chi connectivity index (χ4v) is 1.70. The average molecular weight is 419 g/mol. The lowest BCUT2D eigenvalue weighted by atomic mass is 10.2. The summed E-state index contributed by atoms with van der Waals surface area (Å²) < 4.78 is 10.4. The largest absolute Gasteiger partial charge is 0.467 e. The summed E-state index contributed by atoms with van der Waals surface area (Å²) in [5.41, 5.74) is 0. The summed E-state index contributed by atoms with van der Waals surface area (Å²) in [5.74, 6) is 3.21. The van der Waals surface area contributed by atoms with Crippen LogP contribution in [0.1, 0.15) is 37.2 Å². The molecule has 2 rings (SSSR count). The summed E-state index contributed by atoms with van der Waals surface area (Å²) in [6.45, 7) is 5.32. The van der Waals surface area contributed by atoms with E-state index in [1.54, 1.807) is 13.3 Å². The van der Waals surface area contributed by atoms with E-state index in [0.717, 1.165) is 11.6 Å². The van der Waals surface area contributed by atoms with E-state index >= 15 is 0 Å². The number of guanidine groups is 1. The van der Waals surface area contributed by atoms with Gasteiger partial charge in [-0.15, -0.1) is 24.0 Å². The molecule has 0 atom stereocenters. The zero-order chi connectivity index (χ0) is 15.1. The minimum atomic E-state index is 0.